The van der Waals surface area contributed by atoms with E-state index in [4.69, 9.17) is 4.84 Å². The lowest BCUT2D eigenvalue weighted by Gasteiger charge is -2.15. The fraction of sp³-hybridized carbons (Fsp3) is 0.200. The third-order valence-corrected chi connectivity index (χ3v) is 3.74. The van der Waals surface area contributed by atoms with Crippen LogP contribution in [0.25, 0.3) is 11.1 Å². The van der Waals surface area contributed by atoms with Crippen molar-refractivity contribution in [1.29, 1.82) is 0 Å². The molecule has 3 nitrogen and oxygen atoms in total. The Morgan fingerprint density at radius 2 is 1.86 bits per heavy atom. The molecule has 1 atom stereocenters. The van der Waals surface area contributed by atoms with E-state index in [0.29, 0.717) is 28.9 Å². The molecule has 0 spiro atoms. The average Bonchev–Trinajstić information content (AvgIpc) is 2.84. The highest BCUT2D eigenvalue weighted by Gasteiger charge is 2.28. The van der Waals surface area contributed by atoms with Crippen LogP contribution in [0.4, 0.5) is 13.2 Å². The monoisotopic (exact) mass is 370 g/mol. The van der Waals surface area contributed by atoms with Crippen LogP contribution in [0.1, 0.15) is 23.8 Å². The molecule has 0 amide bonds. The second-order valence-corrected chi connectivity index (χ2v) is 5.87. The topological polar surface area (TPSA) is 34.5 Å². The van der Waals surface area contributed by atoms with Crippen LogP contribution < -0.4 is 0 Å². The van der Waals surface area contributed by atoms with Gasteiger partial charge in [0, 0.05) is 30.3 Å². The van der Waals surface area contributed by atoms with Gasteiger partial charge in [0.2, 0.25) is 0 Å². The maximum atomic E-state index is 14.1. The number of halogens is 4. The lowest BCUT2D eigenvalue weighted by Crippen LogP contribution is -2.05. The Balaban J connectivity index is 2.17. The maximum absolute atomic E-state index is 14.1. The maximum Gasteiger partial charge on any atom is 0.176 e. The largest absolute Gasteiger partial charge is 0.385 e. The third kappa shape index (κ3) is 2.72. The van der Waals surface area contributed by atoms with E-state index in [1.54, 1.807) is 19.2 Å². The predicted molar refractivity (Wildman–Crippen MR) is 79.1 cm³/mol. The van der Waals surface area contributed by atoms with Crippen LogP contribution in [0, 0.1) is 24.4 Å². The normalized spacial score (nSPS) is 17.3. The van der Waals surface area contributed by atoms with Crippen molar-refractivity contribution in [2.45, 2.75) is 19.4 Å². The summed E-state index contributed by atoms with van der Waals surface area (Å²) in [7, 11) is 0. The quantitative estimate of drug-likeness (QED) is 0.771. The summed E-state index contributed by atoms with van der Waals surface area (Å²) in [6, 6.07) is 2.89. The molecule has 0 radical (unpaired) electrons. The summed E-state index contributed by atoms with van der Waals surface area (Å²) in [5, 5.41) is 3.76. The number of nitrogens with zero attached hydrogens (tertiary/aromatic N) is 2. The van der Waals surface area contributed by atoms with E-state index in [2.05, 4.69) is 26.1 Å². The minimum Gasteiger partial charge on any atom is -0.385 e. The molecule has 2 aromatic rings. The van der Waals surface area contributed by atoms with Crippen LogP contribution in [-0.2, 0) is 4.84 Å². The Kier molecular flexibility index (Phi) is 3.90. The van der Waals surface area contributed by atoms with E-state index in [1.165, 1.54) is 0 Å². The molecular weight excluding hydrogens is 361 g/mol. The highest BCUT2D eigenvalue weighted by molar-refractivity contribution is 9.18. The summed E-state index contributed by atoms with van der Waals surface area (Å²) < 4.78 is 41.9. The second-order valence-electron chi connectivity index (χ2n) is 4.96. The summed E-state index contributed by atoms with van der Waals surface area (Å²) in [6.45, 7) is 1.75. The zero-order chi connectivity index (χ0) is 15.9. The van der Waals surface area contributed by atoms with Crippen LogP contribution in [0.3, 0.4) is 0 Å². The minimum atomic E-state index is -0.982. The van der Waals surface area contributed by atoms with Gasteiger partial charge in [-0.25, -0.2) is 13.2 Å². The molecule has 0 saturated heterocycles. The molecule has 0 fully saturated rings. The van der Waals surface area contributed by atoms with Crippen molar-refractivity contribution in [3.05, 3.63) is 53.1 Å². The Morgan fingerprint density at radius 3 is 2.45 bits per heavy atom. The molecular formula is C15H10BrF3N2O. The zero-order valence-electron chi connectivity index (χ0n) is 11.4. The first-order valence-electron chi connectivity index (χ1n) is 6.45. The van der Waals surface area contributed by atoms with Gasteiger partial charge in [0.15, 0.2) is 6.10 Å². The summed E-state index contributed by atoms with van der Waals surface area (Å²) in [5.41, 5.74) is 0.990. The predicted octanol–water partition coefficient (Wildman–Crippen LogP) is 4.64. The highest BCUT2D eigenvalue weighted by Crippen LogP contribution is 2.37. The van der Waals surface area contributed by atoms with Gasteiger partial charge in [0.05, 0.1) is 11.3 Å². The fourth-order valence-electron chi connectivity index (χ4n) is 2.33. The first kappa shape index (κ1) is 15.0. The van der Waals surface area contributed by atoms with Crippen molar-refractivity contribution in [2.75, 3.05) is 0 Å². The first-order valence-corrected chi connectivity index (χ1v) is 7.24. The molecule has 7 heteroatoms. The fourth-order valence-corrected chi connectivity index (χ4v) is 2.71. The van der Waals surface area contributed by atoms with Crippen molar-refractivity contribution in [3.63, 3.8) is 0 Å². The molecule has 1 aromatic carbocycles. The second kappa shape index (κ2) is 5.72. The standard InChI is InChI=1S/C15H10BrF3N2O/c1-7-2-9(14-10(18)3-8(17)4-11(14)19)15(20-6-7)12-5-13(16)21-22-12/h2-4,6,12H,5H2,1H3/t12-/m0/s1. The number of oxime groups is 1. The number of hydrogen-bond donors (Lipinski definition) is 0. The number of pyridine rings is 1. The van der Waals surface area contributed by atoms with Gasteiger partial charge in [-0.3, -0.25) is 4.98 Å². The number of hydrogen-bond acceptors (Lipinski definition) is 3. The van der Waals surface area contributed by atoms with Crippen molar-refractivity contribution in [2.24, 2.45) is 5.16 Å². The van der Waals surface area contributed by atoms with Gasteiger partial charge in [-0.05, 0) is 34.5 Å². The molecule has 22 heavy (non-hydrogen) atoms. The van der Waals surface area contributed by atoms with Gasteiger partial charge in [-0.1, -0.05) is 5.16 Å². The number of aryl methyl sites for hydroxylation is 1. The number of benzene rings is 1. The van der Waals surface area contributed by atoms with Crippen molar-refractivity contribution in [3.8, 4) is 11.1 Å². The molecule has 0 saturated carbocycles. The van der Waals surface area contributed by atoms with Gasteiger partial charge in [0.1, 0.15) is 22.1 Å². The molecule has 0 bridgehead atoms. The van der Waals surface area contributed by atoms with E-state index < -0.39 is 23.6 Å². The minimum absolute atomic E-state index is 0.234. The Hall–Kier alpha value is -1.89. The van der Waals surface area contributed by atoms with Gasteiger partial charge in [-0.15, -0.1) is 0 Å². The van der Waals surface area contributed by atoms with Crippen LogP contribution in [-0.4, -0.2) is 9.60 Å². The van der Waals surface area contributed by atoms with E-state index in [1.807, 2.05) is 0 Å². The zero-order valence-corrected chi connectivity index (χ0v) is 13.0. The van der Waals surface area contributed by atoms with Crippen LogP contribution in [0.5, 0.6) is 0 Å². The van der Waals surface area contributed by atoms with Gasteiger partial charge >= 0.3 is 0 Å². The van der Waals surface area contributed by atoms with E-state index >= 15 is 0 Å². The molecule has 0 unspecified atom stereocenters. The highest BCUT2D eigenvalue weighted by atomic mass is 79.9. The summed E-state index contributed by atoms with van der Waals surface area (Å²) in [5.74, 6) is -2.93. The van der Waals surface area contributed by atoms with E-state index in [9.17, 15) is 13.2 Å². The third-order valence-electron chi connectivity index (χ3n) is 3.27. The molecule has 3 rings (SSSR count). The Bertz CT molecular complexity index is 756. The Morgan fingerprint density at radius 1 is 1.18 bits per heavy atom. The van der Waals surface area contributed by atoms with Gasteiger partial charge < -0.3 is 4.84 Å². The van der Waals surface area contributed by atoms with Crippen molar-refractivity contribution < 1.29 is 18.0 Å². The lowest BCUT2D eigenvalue weighted by atomic mass is 9.97. The van der Waals surface area contributed by atoms with Crippen molar-refractivity contribution >= 4 is 20.6 Å². The summed E-state index contributed by atoms with van der Waals surface area (Å²) in [4.78, 5) is 9.45. The molecule has 1 aliphatic heterocycles. The lowest BCUT2D eigenvalue weighted by molar-refractivity contribution is 0.0830. The number of aromatic nitrogens is 1. The van der Waals surface area contributed by atoms with Crippen LogP contribution in [0.2, 0.25) is 0 Å². The SMILES string of the molecule is Cc1cnc([C@@H]2CC(Br)=NO2)c(-c2c(F)cc(F)cc2F)c1. The molecule has 0 N–H and O–H groups in total. The van der Waals surface area contributed by atoms with E-state index in [0.717, 1.165) is 5.56 Å². The van der Waals surface area contributed by atoms with Crippen LogP contribution in [0.15, 0.2) is 29.6 Å². The van der Waals surface area contributed by atoms with E-state index in [-0.39, 0.29) is 11.1 Å². The molecule has 1 aliphatic rings. The molecule has 1 aromatic heterocycles. The van der Waals surface area contributed by atoms with Gasteiger partial charge in [-0.2, -0.15) is 0 Å². The molecule has 114 valence electrons. The average molecular weight is 371 g/mol. The smallest absolute Gasteiger partial charge is 0.176 e. The first-order chi connectivity index (χ1) is 10.5. The number of rotatable bonds is 2. The van der Waals surface area contributed by atoms with Crippen LogP contribution >= 0.6 is 15.9 Å². The van der Waals surface area contributed by atoms with Gasteiger partial charge in [0.25, 0.3) is 0 Å². The molecule has 2 heterocycles. The molecule has 0 aliphatic carbocycles. The summed E-state index contributed by atoms with van der Waals surface area (Å²) in [6.07, 6.45) is 1.44. The summed E-state index contributed by atoms with van der Waals surface area (Å²) >= 11 is 3.21. The van der Waals surface area contributed by atoms with Crippen molar-refractivity contribution in [1.82, 2.24) is 4.98 Å². The Labute approximate surface area is 132 Å².